The number of nitrogens with zero attached hydrogens (tertiary/aromatic N) is 2. The third-order valence-electron chi connectivity index (χ3n) is 4.93. The lowest BCUT2D eigenvalue weighted by Gasteiger charge is -2.26. The molecule has 0 bridgehead atoms. The van der Waals surface area contributed by atoms with Gasteiger partial charge in [0.05, 0.1) is 12.0 Å². The molecule has 2 heterocycles. The molecule has 0 N–H and O–H groups in total. The number of esters is 1. The molecular formula is C21H24N2O3S. The van der Waals surface area contributed by atoms with Gasteiger partial charge in [-0.3, -0.25) is 9.36 Å². The van der Waals surface area contributed by atoms with Crippen molar-refractivity contribution in [2.24, 2.45) is 0 Å². The van der Waals surface area contributed by atoms with E-state index in [4.69, 9.17) is 4.74 Å². The average Bonchev–Trinajstić information content (AvgIpc) is 3.01. The van der Waals surface area contributed by atoms with Crippen molar-refractivity contribution in [3.05, 3.63) is 50.9 Å². The molecule has 0 aliphatic carbocycles. The molecule has 0 fully saturated rings. The largest absolute Gasteiger partial charge is 0.464 e. The van der Waals surface area contributed by atoms with Gasteiger partial charge in [0.1, 0.15) is 16.2 Å². The molecule has 0 amide bonds. The van der Waals surface area contributed by atoms with Gasteiger partial charge in [-0.05, 0) is 58.2 Å². The van der Waals surface area contributed by atoms with Crippen LogP contribution in [0.4, 0.5) is 0 Å². The summed E-state index contributed by atoms with van der Waals surface area (Å²) >= 11 is 1.44. The molecule has 142 valence electrons. The van der Waals surface area contributed by atoms with Crippen molar-refractivity contribution < 1.29 is 9.53 Å². The van der Waals surface area contributed by atoms with Gasteiger partial charge in [-0.2, -0.15) is 0 Å². The fraction of sp³-hybridized carbons (Fsp3) is 0.381. The zero-order valence-electron chi connectivity index (χ0n) is 16.5. The molecule has 0 spiro atoms. The van der Waals surface area contributed by atoms with Gasteiger partial charge in [-0.1, -0.05) is 18.2 Å². The van der Waals surface area contributed by atoms with Crippen molar-refractivity contribution in [3.8, 4) is 11.1 Å². The zero-order valence-corrected chi connectivity index (χ0v) is 17.4. The Bertz CT molecular complexity index is 1090. The van der Waals surface area contributed by atoms with Crippen LogP contribution in [-0.4, -0.2) is 22.1 Å². The van der Waals surface area contributed by atoms with Crippen molar-refractivity contribution in [1.82, 2.24) is 9.55 Å². The Morgan fingerprint density at radius 1 is 1.22 bits per heavy atom. The lowest BCUT2D eigenvalue weighted by Crippen LogP contribution is -2.45. The number of aryl methyl sites for hydroxylation is 3. The van der Waals surface area contributed by atoms with Crippen LogP contribution in [0.1, 0.15) is 37.7 Å². The number of ether oxygens (including phenoxy) is 1. The average molecular weight is 385 g/mol. The van der Waals surface area contributed by atoms with Crippen LogP contribution in [-0.2, 0) is 15.1 Å². The number of carbonyl (C=O) groups is 1. The van der Waals surface area contributed by atoms with Crippen molar-refractivity contribution in [1.29, 1.82) is 0 Å². The van der Waals surface area contributed by atoms with Crippen LogP contribution in [0.3, 0.4) is 0 Å². The first-order valence-electron chi connectivity index (χ1n) is 8.94. The van der Waals surface area contributed by atoms with E-state index in [2.05, 4.69) is 31.0 Å². The van der Waals surface area contributed by atoms with E-state index in [1.54, 1.807) is 27.7 Å². The van der Waals surface area contributed by atoms with Crippen LogP contribution < -0.4 is 5.56 Å². The van der Waals surface area contributed by atoms with Crippen molar-refractivity contribution in [2.75, 3.05) is 6.61 Å². The highest BCUT2D eigenvalue weighted by Crippen LogP contribution is 2.33. The van der Waals surface area contributed by atoms with Crippen LogP contribution in [0.15, 0.2) is 28.4 Å². The van der Waals surface area contributed by atoms with Gasteiger partial charge in [0.2, 0.25) is 0 Å². The molecule has 3 rings (SSSR count). The summed E-state index contributed by atoms with van der Waals surface area (Å²) in [5, 5.41) is 2.51. The Hall–Kier alpha value is -2.47. The first-order valence-corrected chi connectivity index (χ1v) is 9.82. The van der Waals surface area contributed by atoms with Gasteiger partial charge >= 0.3 is 5.97 Å². The van der Waals surface area contributed by atoms with Crippen LogP contribution >= 0.6 is 11.3 Å². The van der Waals surface area contributed by atoms with E-state index < -0.39 is 11.5 Å². The van der Waals surface area contributed by atoms with Crippen LogP contribution in [0, 0.1) is 20.8 Å². The maximum absolute atomic E-state index is 13.4. The molecule has 0 saturated carbocycles. The summed E-state index contributed by atoms with van der Waals surface area (Å²) in [5.41, 5.74) is 2.84. The summed E-state index contributed by atoms with van der Waals surface area (Å²) in [5.74, 6) is 0.0540. The standard InChI is InChI=1S/C21H24N2O3S/c1-7-26-20(25)21(5,6)23-14(4)22-18-17(19(23)24)16(11-27-18)15-9-8-12(2)13(3)10-15/h8-11H,7H2,1-6H3. The lowest BCUT2D eigenvalue weighted by molar-refractivity contribution is -0.152. The van der Waals surface area contributed by atoms with E-state index in [0.717, 1.165) is 11.1 Å². The molecule has 27 heavy (non-hydrogen) atoms. The van der Waals surface area contributed by atoms with Crippen molar-refractivity contribution >= 4 is 27.5 Å². The van der Waals surface area contributed by atoms with Crippen molar-refractivity contribution in [2.45, 2.75) is 47.1 Å². The summed E-state index contributed by atoms with van der Waals surface area (Å²) in [6.45, 7) is 11.3. The van der Waals surface area contributed by atoms with Gasteiger partial charge in [-0.15, -0.1) is 11.3 Å². The number of hydrogen-bond acceptors (Lipinski definition) is 5. The molecular weight excluding hydrogens is 360 g/mol. The van der Waals surface area contributed by atoms with E-state index in [1.807, 2.05) is 11.4 Å². The molecule has 0 unspecified atom stereocenters. The highest BCUT2D eigenvalue weighted by molar-refractivity contribution is 7.17. The van der Waals surface area contributed by atoms with E-state index in [1.165, 1.54) is 27.0 Å². The molecule has 5 nitrogen and oxygen atoms in total. The molecule has 1 aromatic carbocycles. The van der Waals surface area contributed by atoms with Gasteiger partial charge in [0.25, 0.3) is 5.56 Å². The number of benzene rings is 1. The molecule has 3 aromatic rings. The minimum absolute atomic E-state index is 0.218. The van der Waals surface area contributed by atoms with Gasteiger partial charge < -0.3 is 4.74 Å². The highest BCUT2D eigenvalue weighted by atomic mass is 32.1. The van der Waals surface area contributed by atoms with Crippen molar-refractivity contribution in [3.63, 3.8) is 0 Å². The third-order valence-corrected chi connectivity index (χ3v) is 5.80. The molecule has 0 saturated heterocycles. The molecule has 0 aliphatic rings. The summed E-state index contributed by atoms with van der Waals surface area (Å²) < 4.78 is 6.63. The number of thiophene rings is 1. The Labute approximate surface area is 162 Å². The number of fused-ring (bicyclic) bond motifs is 1. The zero-order chi connectivity index (χ0) is 19.9. The summed E-state index contributed by atoms with van der Waals surface area (Å²) in [4.78, 5) is 31.2. The summed E-state index contributed by atoms with van der Waals surface area (Å²) in [6.07, 6.45) is 0. The monoisotopic (exact) mass is 384 g/mol. The summed E-state index contributed by atoms with van der Waals surface area (Å²) in [7, 11) is 0. The van der Waals surface area contributed by atoms with Gasteiger partial charge in [0, 0.05) is 10.9 Å². The minimum atomic E-state index is -1.14. The lowest BCUT2D eigenvalue weighted by atomic mass is 10.0. The molecule has 0 atom stereocenters. The Morgan fingerprint density at radius 2 is 1.93 bits per heavy atom. The topological polar surface area (TPSA) is 61.2 Å². The van der Waals surface area contributed by atoms with E-state index in [9.17, 15) is 9.59 Å². The molecule has 2 aromatic heterocycles. The molecule has 0 aliphatic heterocycles. The predicted octanol–water partition coefficient (Wildman–Crippen LogP) is 4.35. The predicted molar refractivity (Wildman–Crippen MR) is 109 cm³/mol. The Balaban J connectivity index is 2.28. The number of hydrogen-bond donors (Lipinski definition) is 0. The maximum atomic E-state index is 13.4. The van der Waals surface area contributed by atoms with Crippen LogP contribution in [0.25, 0.3) is 21.3 Å². The first-order chi connectivity index (χ1) is 12.7. The normalized spacial score (nSPS) is 11.8. The summed E-state index contributed by atoms with van der Waals surface area (Å²) in [6, 6.07) is 6.15. The Kier molecular flexibility index (Phi) is 4.95. The number of carbonyl (C=O) groups excluding carboxylic acids is 1. The SMILES string of the molecule is CCOC(=O)C(C)(C)n1c(C)nc2scc(-c3ccc(C)c(C)c3)c2c1=O. The van der Waals surface area contributed by atoms with E-state index >= 15 is 0 Å². The second-order valence-corrected chi connectivity index (χ2v) is 8.07. The maximum Gasteiger partial charge on any atom is 0.331 e. The second kappa shape index (κ2) is 6.93. The second-order valence-electron chi connectivity index (χ2n) is 7.21. The van der Waals surface area contributed by atoms with Crippen LogP contribution in [0.2, 0.25) is 0 Å². The van der Waals surface area contributed by atoms with Gasteiger partial charge in [-0.25, -0.2) is 9.78 Å². The fourth-order valence-corrected chi connectivity index (χ4v) is 4.25. The smallest absolute Gasteiger partial charge is 0.331 e. The van der Waals surface area contributed by atoms with Gasteiger partial charge in [0.15, 0.2) is 0 Å². The minimum Gasteiger partial charge on any atom is -0.464 e. The number of aromatic nitrogens is 2. The molecule has 0 radical (unpaired) electrons. The van der Waals surface area contributed by atoms with Crippen LogP contribution in [0.5, 0.6) is 0 Å². The first kappa shape index (κ1) is 19.3. The van der Waals surface area contributed by atoms with E-state index in [0.29, 0.717) is 16.0 Å². The Morgan fingerprint density at radius 3 is 2.56 bits per heavy atom. The quantitative estimate of drug-likeness (QED) is 0.628. The fourth-order valence-electron chi connectivity index (χ4n) is 3.27. The third kappa shape index (κ3) is 3.18. The van der Waals surface area contributed by atoms with E-state index in [-0.39, 0.29) is 12.2 Å². The highest BCUT2D eigenvalue weighted by Gasteiger charge is 2.35. The molecule has 6 heteroatoms. The number of rotatable bonds is 4.